The fraction of sp³-hybridized carbons (Fsp3) is 0.812. The molecule has 6 nitrogen and oxygen atoms in total. The van der Waals surface area contributed by atoms with E-state index < -0.39 is 19.9 Å². The second kappa shape index (κ2) is 12.7. The lowest BCUT2D eigenvalue weighted by atomic mass is 10.1. The molecule has 0 rings (SSSR count). The van der Waals surface area contributed by atoms with Crippen LogP contribution in [0.2, 0.25) is 0 Å². The Hall–Kier alpha value is -0.680. The van der Waals surface area contributed by atoms with Gasteiger partial charge in [-0.15, -0.1) is 0 Å². The maximum atomic E-state index is 11.5. The highest BCUT2D eigenvalue weighted by molar-refractivity contribution is 7.46. The van der Waals surface area contributed by atoms with Gasteiger partial charge in [-0.1, -0.05) is 58.4 Å². The third-order valence-corrected chi connectivity index (χ3v) is 3.92. The van der Waals surface area contributed by atoms with E-state index >= 15 is 0 Å². The van der Waals surface area contributed by atoms with Crippen molar-refractivity contribution < 1.29 is 28.4 Å². The Balaban J connectivity index is 4.03. The Morgan fingerprint density at radius 3 is 2.09 bits per heavy atom. The molecule has 23 heavy (non-hydrogen) atoms. The number of hydrogen-bond acceptors (Lipinski definition) is 4. The lowest BCUT2D eigenvalue weighted by molar-refractivity contribution is -0.146. The van der Waals surface area contributed by atoms with Crippen molar-refractivity contribution in [3.05, 3.63) is 12.2 Å². The highest BCUT2D eigenvalue weighted by Crippen LogP contribution is 2.36. The largest absolute Gasteiger partial charge is 0.469 e. The Bertz CT molecular complexity index is 390. The quantitative estimate of drug-likeness (QED) is 0.212. The predicted octanol–water partition coefficient (Wildman–Crippen LogP) is 4.11. The van der Waals surface area contributed by atoms with Crippen molar-refractivity contribution >= 4 is 13.8 Å². The molecule has 0 bridgehead atoms. The molecule has 0 spiro atoms. The van der Waals surface area contributed by atoms with Crippen LogP contribution < -0.4 is 0 Å². The van der Waals surface area contributed by atoms with Crippen molar-refractivity contribution in [2.45, 2.75) is 77.7 Å². The highest BCUT2D eigenvalue weighted by Gasteiger charge is 2.21. The number of ether oxygens (including phenoxy) is 1. The van der Waals surface area contributed by atoms with Crippen LogP contribution in [0.5, 0.6) is 0 Å². The molecule has 0 aromatic carbocycles. The fourth-order valence-electron chi connectivity index (χ4n) is 2.11. The molecule has 0 radical (unpaired) electrons. The van der Waals surface area contributed by atoms with Crippen LogP contribution in [0.4, 0.5) is 0 Å². The van der Waals surface area contributed by atoms with Gasteiger partial charge < -0.3 is 14.5 Å². The molecular weight excluding hydrogens is 319 g/mol. The summed E-state index contributed by atoms with van der Waals surface area (Å²) < 4.78 is 20.4. The van der Waals surface area contributed by atoms with Crippen LogP contribution in [-0.4, -0.2) is 28.5 Å². The van der Waals surface area contributed by atoms with Gasteiger partial charge in [-0.3, -0.25) is 4.52 Å². The van der Waals surface area contributed by atoms with Gasteiger partial charge in [0, 0.05) is 5.57 Å². The van der Waals surface area contributed by atoms with Crippen molar-refractivity contribution in [3.8, 4) is 0 Å². The van der Waals surface area contributed by atoms with E-state index in [9.17, 15) is 9.36 Å². The lowest BCUT2D eigenvalue weighted by Gasteiger charge is -2.18. The number of carbonyl (C=O) groups excluding carboxylic acids is 1. The summed E-state index contributed by atoms with van der Waals surface area (Å²) >= 11 is 0. The van der Waals surface area contributed by atoms with Crippen molar-refractivity contribution in [2.75, 3.05) is 6.61 Å². The van der Waals surface area contributed by atoms with Gasteiger partial charge in [0.2, 0.25) is 0 Å². The van der Waals surface area contributed by atoms with E-state index in [4.69, 9.17) is 14.5 Å². The third-order valence-electron chi connectivity index (χ3n) is 3.43. The molecule has 136 valence electrons. The number of hydrogen-bond donors (Lipinski definition) is 2. The van der Waals surface area contributed by atoms with E-state index in [0.717, 1.165) is 19.3 Å². The van der Waals surface area contributed by atoms with Crippen LogP contribution in [0.15, 0.2) is 12.2 Å². The van der Waals surface area contributed by atoms with E-state index in [2.05, 4.69) is 18.0 Å². The second-order valence-corrected chi connectivity index (χ2v) is 7.10. The van der Waals surface area contributed by atoms with Crippen LogP contribution in [0.1, 0.15) is 71.6 Å². The Labute approximate surface area is 139 Å². The second-order valence-electron chi connectivity index (χ2n) is 5.86. The molecule has 0 aromatic rings. The standard InChI is InChI=1S/C16H31O6P/c1-4-5-6-7-8-9-10-11-12-15(13-21-23(18,19)20)22-16(17)14(2)3/h15H,2,4-13H2,1,3H3,(H2,18,19,20). The van der Waals surface area contributed by atoms with Crippen molar-refractivity contribution in [1.82, 2.24) is 0 Å². The lowest BCUT2D eigenvalue weighted by Crippen LogP contribution is -2.23. The maximum Gasteiger partial charge on any atom is 0.469 e. The molecule has 2 N–H and O–H groups in total. The minimum absolute atomic E-state index is 0.252. The van der Waals surface area contributed by atoms with E-state index in [0.29, 0.717) is 6.42 Å². The van der Waals surface area contributed by atoms with Gasteiger partial charge in [0.05, 0.1) is 6.61 Å². The molecule has 0 fully saturated rings. The minimum Gasteiger partial charge on any atom is -0.457 e. The van der Waals surface area contributed by atoms with Gasteiger partial charge >= 0.3 is 13.8 Å². The number of phosphoric ester groups is 1. The summed E-state index contributed by atoms with van der Waals surface area (Å²) in [5.41, 5.74) is 0.252. The van der Waals surface area contributed by atoms with E-state index in [-0.39, 0.29) is 12.2 Å². The Morgan fingerprint density at radius 2 is 1.61 bits per heavy atom. The van der Waals surface area contributed by atoms with Gasteiger partial charge in [-0.05, 0) is 19.8 Å². The van der Waals surface area contributed by atoms with Gasteiger partial charge in [0.25, 0.3) is 0 Å². The normalized spacial score (nSPS) is 12.9. The number of rotatable bonds is 14. The monoisotopic (exact) mass is 350 g/mol. The summed E-state index contributed by atoms with van der Waals surface area (Å²) in [5.74, 6) is -0.566. The van der Waals surface area contributed by atoms with Crippen LogP contribution in [0.3, 0.4) is 0 Å². The first-order valence-corrected chi connectivity index (χ1v) is 9.86. The van der Waals surface area contributed by atoms with Crippen molar-refractivity contribution in [3.63, 3.8) is 0 Å². The number of unbranched alkanes of at least 4 members (excludes halogenated alkanes) is 7. The number of phosphoric acid groups is 1. The fourth-order valence-corrected chi connectivity index (χ4v) is 2.47. The van der Waals surface area contributed by atoms with Crippen LogP contribution in [-0.2, 0) is 18.6 Å². The predicted molar refractivity (Wildman–Crippen MR) is 89.9 cm³/mol. The van der Waals surface area contributed by atoms with E-state index in [1.165, 1.54) is 39.0 Å². The molecule has 0 aliphatic rings. The summed E-state index contributed by atoms with van der Waals surface area (Å²) in [6, 6.07) is 0. The molecule has 0 aliphatic heterocycles. The third kappa shape index (κ3) is 14.6. The number of carbonyl (C=O) groups is 1. The zero-order valence-electron chi connectivity index (χ0n) is 14.3. The molecule has 1 atom stereocenters. The van der Waals surface area contributed by atoms with Crippen molar-refractivity contribution in [1.29, 1.82) is 0 Å². The summed E-state index contributed by atoms with van der Waals surface area (Å²) in [6.07, 6.45) is 9.01. The zero-order valence-corrected chi connectivity index (χ0v) is 15.2. The molecule has 7 heteroatoms. The first-order valence-electron chi connectivity index (χ1n) is 8.32. The summed E-state index contributed by atoms with van der Waals surface area (Å²) in [6.45, 7) is 6.90. The molecule has 0 amide bonds. The first-order chi connectivity index (χ1) is 10.8. The zero-order chi connectivity index (χ0) is 17.7. The molecule has 0 saturated carbocycles. The number of esters is 1. The van der Waals surface area contributed by atoms with Crippen molar-refractivity contribution in [2.24, 2.45) is 0 Å². The summed E-state index contributed by atoms with van der Waals surface area (Å²) in [5, 5.41) is 0. The molecular formula is C16H31O6P. The molecule has 1 unspecified atom stereocenters. The van der Waals surface area contributed by atoms with Gasteiger partial charge in [0.1, 0.15) is 6.10 Å². The highest BCUT2D eigenvalue weighted by atomic mass is 31.2. The maximum absolute atomic E-state index is 11.5. The topological polar surface area (TPSA) is 93.1 Å². The Morgan fingerprint density at radius 1 is 1.09 bits per heavy atom. The van der Waals surface area contributed by atoms with Crippen LogP contribution in [0, 0.1) is 0 Å². The molecule has 0 heterocycles. The van der Waals surface area contributed by atoms with Gasteiger partial charge in [-0.25, -0.2) is 9.36 Å². The Kier molecular flexibility index (Phi) is 12.3. The van der Waals surface area contributed by atoms with E-state index in [1.807, 2.05) is 0 Å². The smallest absolute Gasteiger partial charge is 0.457 e. The minimum atomic E-state index is -4.56. The van der Waals surface area contributed by atoms with Crippen LogP contribution in [0.25, 0.3) is 0 Å². The summed E-state index contributed by atoms with van der Waals surface area (Å²) in [7, 11) is -4.56. The summed E-state index contributed by atoms with van der Waals surface area (Å²) in [4.78, 5) is 29.0. The molecule has 0 saturated heterocycles. The van der Waals surface area contributed by atoms with Gasteiger partial charge in [0.15, 0.2) is 0 Å². The average molecular weight is 350 g/mol. The first kappa shape index (κ1) is 22.3. The van der Waals surface area contributed by atoms with E-state index in [1.54, 1.807) is 0 Å². The SMILES string of the molecule is C=C(C)C(=O)OC(CCCCCCCCCC)COP(=O)(O)O. The molecule has 0 aliphatic carbocycles. The average Bonchev–Trinajstić information content (AvgIpc) is 2.46. The molecule has 0 aromatic heterocycles. The van der Waals surface area contributed by atoms with Crippen LogP contribution >= 0.6 is 7.82 Å². The van der Waals surface area contributed by atoms with Gasteiger partial charge in [-0.2, -0.15) is 0 Å².